The normalized spacial score (nSPS) is 13.9. The van der Waals surface area contributed by atoms with Crippen molar-refractivity contribution in [3.8, 4) is 5.75 Å². The van der Waals surface area contributed by atoms with Gasteiger partial charge in [-0.1, -0.05) is 24.3 Å². The van der Waals surface area contributed by atoms with E-state index in [-0.39, 0.29) is 42.3 Å². The Labute approximate surface area is 193 Å². The minimum absolute atomic E-state index is 0.0278. The van der Waals surface area contributed by atoms with Gasteiger partial charge in [-0.05, 0) is 49.6 Å². The summed E-state index contributed by atoms with van der Waals surface area (Å²) in [6.07, 6.45) is 1.51. The molecular weight excluding hydrogens is 425 g/mol. The molecule has 0 bridgehead atoms. The van der Waals surface area contributed by atoms with Gasteiger partial charge in [-0.15, -0.1) is 0 Å². The zero-order chi connectivity index (χ0) is 23.6. The zero-order valence-corrected chi connectivity index (χ0v) is 18.8. The Kier molecular flexibility index (Phi) is 8.80. The maximum atomic E-state index is 13.6. The lowest BCUT2D eigenvalue weighted by molar-refractivity contribution is -0.136. The summed E-state index contributed by atoms with van der Waals surface area (Å²) < 4.78 is 19.2. The van der Waals surface area contributed by atoms with Crippen molar-refractivity contribution in [2.24, 2.45) is 5.92 Å². The van der Waals surface area contributed by atoms with Crippen LogP contribution in [0.1, 0.15) is 35.2 Å². The number of aryl methyl sites for hydroxylation is 1. The molecule has 0 atom stereocenters. The number of ether oxygens (including phenoxy) is 1. The summed E-state index contributed by atoms with van der Waals surface area (Å²) in [5, 5.41) is 5.50. The van der Waals surface area contributed by atoms with Gasteiger partial charge in [0.2, 0.25) is 11.8 Å². The van der Waals surface area contributed by atoms with Crippen LogP contribution in [0.3, 0.4) is 0 Å². The van der Waals surface area contributed by atoms with Gasteiger partial charge in [0.25, 0.3) is 5.91 Å². The molecule has 0 aliphatic carbocycles. The number of nitrogens with zero attached hydrogens (tertiary/aromatic N) is 1. The molecule has 1 saturated heterocycles. The second-order valence-electron chi connectivity index (χ2n) is 8.08. The van der Waals surface area contributed by atoms with E-state index in [9.17, 15) is 18.8 Å². The fourth-order valence-electron chi connectivity index (χ4n) is 3.66. The summed E-state index contributed by atoms with van der Waals surface area (Å²) in [5.74, 6) is -0.277. The summed E-state index contributed by atoms with van der Waals surface area (Å²) in [6, 6.07) is 13.7. The Morgan fingerprint density at radius 3 is 2.42 bits per heavy atom. The summed E-state index contributed by atoms with van der Waals surface area (Å²) in [6.45, 7) is 3.57. The number of nitrogens with one attached hydrogen (secondary N) is 2. The standard InChI is InChI=1S/C25H30FN3O4/c1-18-7-8-20(17-22(18)26)25(32)28-13-12-27-24(31)19-9-14-29(15-10-19)23(30)11-16-33-21-5-3-2-4-6-21/h2-8,17,19H,9-16H2,1H3,(H,27,31)(H,28,32). The predicted octanol–water partition coefficient (Wildman–Crippen LogP) is 2.69. The van der Waals surface area contributed by atoms with Crippen LogP contribution < -0.4 is 15.4 Å². The molecule has 7 nitrogen and oxygen atoms in total. The minimum atomic E-state index is -0.426. The lowest BCUT2D eigenvalue weighted by atomic mass is 9.95. The van der Waals surface area contributed by atoms with Gasteiger partial charge < -0.3 is 20.3 Å². The molecule has 1 aliphatic heterocycles. The molecule has 1 heterocycles. The van der Waals surface area contributed by atoms with Crippen LogP contribution in [-0.2, 0) is 9.59 Å². The number of hydrogen-bond acceptors (Lipinski definition) is 4. The van der Waals surface area contributed by atoms with Gasteiger partial charge in [0, 0.05) is 37.7 Å². The number of hydrogen-bond donors (Lipinski definition) is 2. The van der Waals surface area contributed by atoms with Crippen molar-refractivity contribution in [1.82, 2.24) is 15.5 Å². The van der Waals surface area contributed by atoms with Crippen molar-refractivity contribution in [3.63, 3.8) is 0 Å². The summed E-state index contributed by atoms with van der Waals surface area (Å²) in [5.41, 5.74) is 0.725. The fraction of sp³-hybridized carbons (Fsp3) is 0.400. The largest absolute Gasteiger partial charge is 0.493 e. The van der Waals surface area contributed by atoms with Crippen LogP contribution in [0.25, 0.3) is 0 Å². The highest BCUT2D eigenvalue weighted by Gasteiger charge is 2.27. The lowest BCUT2D eigenvalue weighted by Gasteiger charge is -2.31. The molecule has 3 rings (SSSR count). The van der Waals surface area contributed by atoms with Gasteiger partial charge >= 0.3 is 0 Å². The molecule has 2 aromatic carbocycles. The second kappa shape index (κ2) is 12.0. The predicted molar refractivity (Wildman–Crippen MR) is 122 cm³/mol. The molecule has 0 unspecified atom stereocenters. The van der Waals surface area contributed by atoms with Gasteiger partial charge in [0.15, 0.2) is 0 Å². The van der Waals surface area contributed by atoms with Crippen molar-refractivity contribution >= 4 is 17.7 Å². The summed E-state index contributed by atoms with van der Waals surface area (Å²) in [4.78, 5) is 38.6. The number of carbonyl (C=O) groups is 3. The molecule has 1 fully saturated rings. The number of benzene rings is 2. The third-order valence-electron chi connectivity index (χ3n) is 5.69. The van der Waals surface area contributed by atoms with Crippen LogP contribution in [0.4, 0.5) is 4.39 Å². The molecule has 0 spiro atoms. The number of piperidine rings is 1. The monoisotopic (exact) mass is 455 g/mol. The van der Waals surface area contributed by atoms with E-state index in [4.69, 9.17) is 4.74 Å². The van der Waals surface area contributed by atoms with E-state index in [1.54, 1.807) is 24.0 Å². The Morgan fingerprint density at radius 1 is 1.03 bits per heavy atom. The molecule has 2 N–H and O–H groups in total. The van der Waals surface area contributed by atoms with Crippen LogP contribution in [0.15, 0.2) is 48.5 Å². The highest BCUT2D eigenvalue weighted by molar-refractivity contribution is 5.94. The first-order valence-corrected chi connectivity index (χ1v) is 11.2. The SMILES string of the molecule is Cc1ccc(C(=O)NCCNC(=O)C2CCN(C(=O)CCOc3ccccc3)CC2)cc1F. The van der Waals surface area contributed by atoms with Gasteiger partial charge in [-0.3, -0.25) is 14.4 Å². The molecule has 8 heteroatoms. The van der Waals surface area contributed by atoms with Gasteiger partial charge in [-0.25, -0.2) is 4.39 Å². The van der Waals surface area contributed by atoms with E-state index < -0.39 is 5.82 Å². The molecule has 33 heavy (non-hydrogen) atoms. The summed E-state index contributed by atoms with van der Waals surface area (Å²) in [7, 11) is 0. The summed E-state index contributed by atoms with van der Waals surface area (Å²) >= 11 is 0. The number of carbonyl (C=O) groups excluding carboxylic acids is 3. The minimum Gasteiger partial charge on any atom is -0.493 e. The third kappa shape index (κ3) is 7.30. The maximum Gasteiger partial charge on any atom is 0.251 e. The zero-order valence-electron chi connectivity index (χ0n) is 18.8. The maximum absolute atomic E-state index is 13.6. The van der Waals surface area contributed by atoms with Crippen molar-refractivity contribution in [2.75, 3.05) is 32.8 Å². The average molecular weight is 456 g/mol. The van der Waals surface area contributed by atoms with E-state index in [2.05, 4.69) is 10.6 Å². The Bertz CT molecular complexity index is 959. The quantitative estimate of drug-likeness (QED) is 0.569. The average Bonchev–Trinajstić information content (AvgIpc) is 2.84. The molecule has 176 valence electrons. The molecule has 0 aromatic heterocycles. The number of para-hydroxylation sites is 1. The smallest absolute Gasteiger partial charge is 0.251 e. The Balaban J connectivity index is 1.30. The van der Waals surface area contributed by atoms with Gasteiger partial charge in [0.05, 0.1) is 13.0 Å². The van der Waals surface area contributed by atoms with E-state index in [1.165, 1.54) is 6.07 Å². The topological polar surface area (TPSA) is 87.7 Å². The highest BCUT2D eigenvalue weighted by atomic mass is 19.1. The van der Waals surface area contributed by atoms with E-state index >= 15 is 0 Å². The molecule has 0 saturated carbocycles. The lowest BCUT2D eigenvalue weighted by Crippen LogP contribution is -2.44. The van der Waals surface area contributed by atoms with Crippen LogP contribution in [0, 0.1) is 18.7 Å². The van der Waals surface area contributed by atoms with Gasteiger partial charge in [0.1, 0.15) is 11.6 Å². The van der Waals surface area contributed by atoms with Crippen molar-refractivity contribution in [1.29, 1.82) is 0 Å². The van der Waals surface area contributed by atoms with Crippen LogP contribution in [0.2, 0.25) is 0 Å². The molecular formula is C25H30FN3O4. The molecule has 1 aliphatic rings. The van der Waals surface area contributed by atoms with Crippen LogP contribution >= 0.6 is 0 Å². The first-order chi connectivity index (χ1) is 15.9. The fourth-order valence-corrected chi connectivity index (χ4v) is 3.66. The first kappa shape index (κ1) is 24.2. The molecule has 2 aromatic rings. The first-order valence-electron chi connectivity index (χ1n) is 11.2. The second-order valence-corrected chi connectivity index (χ2v) is 8.08. The number of halogens is 1. The van der Waals surface area contributed by atoms with Gasteiger partial charge in [-0.2, -0.15) is 0 Å². The Hall–Kier alpha value is -3.42. The number of rotatable bonds is 9. The van der Waals surface area contributed by atoms with Crippen molar-refractivity contribution in [3.05, 3.63) is 65.5 Å². The van der Waals surface area contributed by atoms with Crippen molar-refractivity contribution < 1.29 is 23.5 Å². The molecule has 0 radical (unpaired) electrons. The van der Waals surface area contributed by atoms with Crippen LogP contribution in [0.5, 0.6) is 5.75 Å². The van der Waals surface area contributed by atoms with E-state index in [0.717, 1.165) is 5.75 Å². The third-order valence-corrected chi connectivity index (χ3v) is 5.69. The van der Waals surface area contributed by atoms with Crippen LogP contribution in [-0.4, -0.2) is 55.4 Å². The number of amides is 3. The van der Waals surface area contributed by atoms with Crippen molar-refractivity contribution in [2.45, 2.75) is 26.2 Å². The van der Waals surface area contributed by atoms with E-state index in [0.29, 0.717) is 44.5 Å². The Morgan fingerprint density at radius 2 is 1.73 bits per heavy atom. The highest BCUT2D eigenvalue weighted by Crippen LogP contribution is 2.18. The van der Waals surface area contributed by atoms with E-state index in [1.807, 2.05) is 30.3 Å². The number of likely N-dealkylation sites (tertiary alicyclic amines) is 1. The molecule has 3 amide bonds.